The maximum Gasteiger partial charge on any atom is 0.139 e. The second-order valence-electron chi connectivity index (χ2n) is 5.52. The molecule has 3 aromatic rings. The lowest BCUT2D eigenvalue weighted by Crippen LogP contribution is -2.01. The Kier molecular flexibility index (Phi) is 4.63. The third kappa shape index (κ3) is 3.54. The van der Waals surface area contributed by atoms with Crippen molar-refractivity contribution in [2.45, 2.75) is 20.5 Å². The molecule has 23 heavy (non-hydrogen) atoms. The molecule has 3 rings (SSSR count). The predicted molar refractivity (Wildman–Crippen MR) is 94.9 cm³/mol. The van der Waals surface area contributed by atoms with E-state index in [0.29, 0.717) is 17.4 Å². The van der Waals surface area contributed by atoms with Gasteiger partial charge in [-0.3, -0.25) is 4.98 Å². The van der Waals surface area contributed by atoms with Crippen LogP contribution in [0.4, 0.5) is 0 Å². The van der Waals surface area contributed by atoms with Gasteiger partial charge in [0.25, 0.3) is 0 Å². The Bertz CT molecular complexity index is 829. The second kappa shape index (κ2) is 6.84. The molecule has 0 aliphatic rings. The summed E-state index contributed by atoms with van der Waals surface area (Å²) in [4.78, 5) is 4.35. The zero-order valence-corrected chi connectivity index (χ0v) is 14.0. The standard InChI is InChI=1S/C20H18ClNO/c1-14-6-3-4-8-17(14)16-9-10-18(21)20(12-16)23-13-19-15(2)7-5-11-22-19/h3-12H,13H2,1-2H3. The van der Waals surface area contributed by atoms with E-state index in [-0.39, 0.29) is 0 Å². The summed E-state index contributed by atoms with van der Waals surface area (Å²) in [6.07, 6.45) is 1.77. The summed E-state index contributed by atoms with van der Waals surface area (Å²) in [6, 6.07) is 18.1. The SMILES string of the molecule is Cc1ccccc1-c1ccc(Cl)c(OCc2ncccc2C)c1. The third-order valence-corrected chi connectivity index (χ3v) is 4.18. The van der Waals surface area contributed by atoms with Crippen molar-refractivity contribution in [1.82, 2.24) is 4.98 Å². The van der Waals surface area contributed by atoms with Gasteiger partial charge in [0.05, 0.1) is 10.7 Å². The second-order valence-corrected chi connectivity index (χ2v) is 5.92. The number of aryl methyl sites for hydroxylation is 2. The zero-order valence-electron chi connectivity index (χ0n) is 13.2. The van der Waals surface area contributed by atoms with Crippen LogP contribution in [0.25, 0.3) is 11.1 Å². The zero-order chi connectivity index (χ0) is 16.2. The van der Waals surface area contributed by atoms with E-state index in [2.05, 4.69) is 24.0 Å². The molecule has 0 aliphatic carbocycles. The first-order chi connectivity index (χ1) is 11.1. The van der Waals surface area contributed by atoms with Crippen molar-refractivity contribution in [2.24, 2.45) is 0 Å². The van der Waals surface area contributed by atoms with Crippen LogP contribution in [0.5, 0.6) is 5.75 Å². The molecule has 1 heterocycles. The number of hydrogen-bond acceptors (Lipinski definition) is 2. The minimum Gasteiger partial charge on any atom is -0.486 e. The summed E-state index contributed by atoms with van der Waals surface area (Å²) < 4.78 is 5.91. The van der Waals surface area contributed by atoms with E-state index in [1.54, 1.807) is 6.20 Å². The predicted octanol–water partition coefficient (Wildman–Crippen LogP) is 5.60. The number of ether oxygens (including phenoxy) is 1. The molecule has 0 radical (unpaired) electrons. The molecule has 0 spiro atoms. The van der Waals surface area contributed by atoms with Crippen LogP contribution in [-0.2, 0) is 6.61 Å². The average Bonchev–Trinajstić information content (AvgIpc) is 2.56. The molecule has 0 unspecified atom stereocenters. The first-order valence-corrected chi connectivity index (χ1v) is 7.92. The summed E-state index contributed by atoms with van der Waals surface area (Å²) in [7, 11) is 0. The highest BCUT2D eigenvalue weighted by molar-refractivity contribution is 6.32. The van der Waals surface area contributed by atoms with Crippen molar-refractivity contribution >= 4 is 11.6 Å². The highest BCUT2D eigenvalue weighted by Gasteiger charge is 2.08. The Hall–Kier alpha value is -2.32. The maximum atomic E-state index is 6.28. The van der Waals surface area contributed by atoms with E-state index < -0.39 is 0 Å². The van der Waals surface area contributed by atoms with Crippen LogP contribution >= 0.6 is 11.6 Å². The Morgan fingerprint density at radius 3 is 2.52 bits per heavy atom. The molecule has 0 amide bonds. The number of rotatable bonds is 4. The van der Waals surface area contributed by atoms with E-state index in [9.17, 15) is 0 Å². The lowest BCUT2D eigenvalue weighted by molar-refractivity contribution is 0.301. The molecule has 0 saturated heterocycles. The largest absolute Gasteiger partial charge is 0.486 e. The molecule has 3 heteroatoms. The van der Waals surface area contributed by atoms with Gasteiger partial charge in [0.2, 0.25) is 0 Å². The van der Waals surface area contributed by atoms with Crippen LogP contribution in [0, 0.1) is 13.8 Å². The molecule has 0 saturated carbocycles. The van der Waals surface area contributed by atoms with E-state index in [0.717, 1.165) is 16.8 Å². The van der Waals surface area contributed by atoms with Crippen LogP contribution < -0.4 is 4.74 Å². The van der Waals surface area contributed by atoms with Crippen LogP contribution in [0.3, 0.4) is 0 Å². The minimum atomic E-state index is 0.406. The Labute approximate surface area is 141 Å². The van der Waals surface area contributed by atoms with E-state index in [4.69, 9.17) is 16.3 Å². The van der Waals surface area contributed by atoms with Gasteiger partial charge < -0.3 is 4.74 Å². The van der Waals surface area contributed by atoms with Gasteiger partial charge in [0, 0.05) is 6.20 Å². The lowest BCUT2D eigenvalue weighted by atomic mass is 10.0. The number of pyridine rings is 1. The number of nitrogens with zero attached hydrogens (tertiary/aromatic N) is 1. The molecular formula is C20H18ClNO. The fourth-order valence-electron chi connectivity index (χ4n) is 2.49. The van der Waals surface area contributed by atoms with Gasteiger partial charge in [-0.1, -0.05) is 48.0 Å². The highest BCUT2D eigenvalue weighted by atomic mass is 35.5. The van der Waals surface area contributed by atoms with Gasteiger partial charge >= 0.3 is 0 Å². The number of aromatic nitrogens is 1. The molecule has 2 nitrogen and oxygen atoms in total. The Balaban J connectivity index is 1.87. The van der Waals surface area contributed by atoms with Crippen molar-refractivity contribution in [2.75, 3.05) is 0 Å². The third-order valence-electron chi connectivity index (χ3n) is 3.87. The van der Waals surface area contributed by atoms with Crippen molar-refractivity contribution in [3.8, 4) is 16.9 Å². The van der Waals surface area contributed by atoms with Crippen LogP contribution in [0.2, 0.25) is 5.02 Å². The van der Waals surface area contributed by atoms with Crippen molar-refractivity contribution in [1.29, 1.82) is 0 Å². The van der Waals surface area contributed by atoms with Crippen LogP contribution in [0.1, 0.15) is 16.8 Å². The number of benzene rings is 2. The summed E-state index contributed by atoms with van der Waals surface area (Å²) in [5.74, 6) is 0.678. The molecule has 0 atom stereocenters. The summed E-state index contributed by atoms with van der Waals surface area (Å²) in [5, 5.41) is 0.607. The molecule has 116 valence electrons. The average molecular weight is 324 g/mol. The summed E-state index contributed by atoms with van der Waals surface area (Å²) >= 11 is 6.28. The molecule has 0 fully saturated rings. The molecular weight excluding hydrogens is 306 g/mol. The van der Waals surface area contributed by atoms with Crippen molar-refractivity contribution in [3.63, 3.8) is 0 Å². The van der Waals surface area contributed by atoms with Gasteiger partial charge in [0.15, 0.2) is 0 Å². The molecule has 0 N–H and O–H groups in total. The first kappa shape index (κ1) is 15.6. The Morgan fingerprint density at radius 2 is 1.74 bits per heavy atom. The molecule has 0 aliphatic heterocycles. The van der Waals surface area contributed by atoms with Gasteiger partial charge in [-0.25, -0.2) is 0 Å². The van der Waals surface area contributed by atoms with E-state index in [1.807, 2.05) is 49.4 Å². The van der Waals surface area contributed by atoms with Crippen molar-refractivity contribution in [3.05, 3.63) is 82.6 Å². The van der Waals surface area contributed by atoms with Gasteiger partial charge in [0.1, 0.15) is 12.4 Å². The first-order valence-electron chi connectivity index (χ1n) is 7.54. The monoisotopic (exact) mass is 323 g/mol. The smallest absolute Gasteiger partial charge is 0.139 e. The maximum absolute atomic E-state index is 6.28. The van der Waals surface area contributed by atoms with Gasteiger partial charge in [-0.15, -0.1) is 0 Å². The number of halogens is 1. The minimum absolute atomic E-state index is 0.406. The summed E-state index contributed by atoms with van der Waals surface area (Å²) in [5.41, 5.74) is 5.54. The van der Waals surface area contributed by atoms with Gasteiger partial charge in [-0.05, 0) is 54.3 Å². The topological polar surface area (TPSA) is 22.1 Å². The molecule has 1 aromatic heterocycles. The number of hydrogen-bond donors (Lipinski definition) is 0. The van der Waals surface area contributed by atoms with E-state index in [1.165, 1.54) is 11.1 Å². The summed E-state index contributed by atoms with van der Waals surface area (Å²) in [6.45, 7) is 4.53. The fourth-order valence-corrected chi connectivity index (χ4v) is 2.67. The normalized spacial score (nSPS) is 10.6. The quantitative estimate of drug-likeness (QED) is 0.623. The Morgan fingerprint density at radius 1 is 0.957 bits per heavy atom. The molecule has 2 aromatic carbocycles. The highest BCUT2D eigenvalue weighted by Crippen LogP contribution is 2.32. The van der Waals surface area contributed by atoms with E-state index >= 15 is 0 Å². The van der Waals surface area contributed by atoms with Gasteiger partial charge in [-0.2, -0.15) is 0 Å². The van der Waals surface area contributed by atoms with Crippen LogP contribution in [-0.4, -0.2) is 4.98 Å². The molecule has 0 bridgehead atoms. The lowest BCUT2D eigenvalue weighted by Gasteiger charge is -2.12. The van der Waals surface area contributed by atoms with Crippen LogP contribution in [0.15, 0.2) is 60.8 Å². The fraction of sp³-hybridized carbons (Fsp3) is 0.150. The van der Waals surface area contributed by atoms with Crippen molar-refractivity contribution < 1.29 is 4.74 Å².